The van der Waals surface area contributed by atoms with Crippen molar-refractivity contribution in [1.29, 1.82) is 0 Å². The van der Waals surface area contributed by atoms with Crippen molar-refractivity contribution in [3.05, 3.63) is 24.3 Å². The van der Waals surface area contributed by atoms with E-state index in [4.69, 9.17) is 11.5 Å². The molecule has 1 fully saturated rings. The number of nitrogens with two attached hydrogens (primary N) is 2. The van der Waals surface area contributed by atoms with Gasteiger partial charge in [-0.1, -0.05) is 20.1 Å². The summed E-state index contributed by atoms with van der Waals surface area (Å²) >= 11 is 0. The zero-order valence-corrected chi connectivity index (χ0v) is 7.06. The van der Waals surface area contributed by atoms with E-state index >= 15 is 0 Å². The zero-order chi connectivity index (χ0) is 8.65. The molecule has 1 saturated carbocycles. The molecule has 4 N–H and O–H groups in total. The maximum absolute atomic E-state index is 5.79. The fourth-order valence-corrected chi connectivity index (χ4v) is 1.38. The van der Waals surface area contributed by atoms with Crippen LogP contribution in [0.15, 0.2) is 24.3 Å². The van der Waals surface area contributed by atoms with E-state index in [1.165, 1.54) is 0 Å². The first-order chi connectivity index (χ1) is 4.95. The van der Waals surface area contributed by atoms with Gasteiger partial charge in [0.25, 0.3) is 0 Å². The number of rotatable bonds is 0. The summed E-state index contributed by atoms with van der Waals surface area (Å²) in [6.45, 7) is 9.89. The maximum atomic E-state index is 5.79. The number of hydrogen-bond donors (Lipinski definition) is 2. The fourth-order valence-electron chi connectivity index (χ4n) is 1.38. The van der Waals surface area contributed by atoms with E-state index in [-0.39, 0.29) is 0 Å². The highest BCUT2D eigenvalue weighted by molar-refractivity contribution is 5.37. The molecule has 1 rings (SSSR count). The van der Waals surface area contributed by atoms with E-state index in [0.717, 1.165) is 24.0 Å². The average Bonchev–Trinajstić information content (AvgIpc) is 1.95. The quantitative estimate of drug-likeness (QED) is 0.511. The Morgan fingerprint density at radius 2 is 2.00 bits per heavy atom. The van der Waals surface area contributed by atoms with Gasteiger partial charge in [-0.25, -0.2) is 0 Å². The Kier molecular flexibility index (Phi) is 1.90. The molecule has 0 saturated heterocycles. The molecule has 1 atom stereocenters. The molecule has 0 bridgehead atoms. The van der Waals surface area contributed by atoms with Gasteiger partial charge >= 0.3 is 0 Å². The Bertz CT molecular complexity index is 204. The van der Waals surface area contributed by atoms with Crippen LogP contribution in [0, 0.1) is 5.92 Å². The maximum Gasteiger partial charge on any atom is 0.0896 e. The summed E-state index contributed by atoms with van der Waals surface area (Å²) in [5.41, 5.74) is 12.7. The number of hydrogen-bond acceptors (Lipinski definition) is 2. The Morgan fingerprint density at radius 3 is 2.45 bits per heavy atom. The van der Waals surface area contributed by atoms with Crippen LogP contribution in [0.1, 0.15) is 19.8 Å². The molecule has 11 heavy (non-hydrogen) atoms. The highest BCUT2D eigenvalue weighted by Crippen LogP contribution is 2.33. The summed E-state index contributed by atoms with van der Waals surface area (Å²) in [7, 11) is 0. The standard InChI is InChI=1S/C9H16N2/c1-6-4-5-9(10,11)8(3)7(6)2/h6H,2-5,10-11H2,1H3. The predicted molar refractivity (Wildman–Crippen MR) is 47.8 cm³/mol. The minimum atomic E-state index is -0.705. The third-order valence-corrected chi connectivity index (χ3v) is 2.54. The van der Waals surface area contributed by atoms with Crippen LogP contribution in [0.25, 0.3) is 0 Å². The smallest absolute Gasteiger partial charge is 0.0896 e. The van der Waals surface area contributed by atoms with E-state index < -0.39 is 5.66 Å². The molecule has 0 aromatic heterocycles. The van der Waals surface area contributed by atoms with Gasteiger partial charge in [-0.2, -0.15) is 0 Å². The van der Waals surface area contributed by atoms with Crippen LogP contribution in [0.4, 0.5) is 0 Å². The van der Waals surface area contributed by atoms with Gasteiger partial charge in [0.2, 0.25) is 0 Å². The molecule has 1 aliphatic carbocycles. The molecule has 2 heteroatoms. The van der Waals surface area contributed by atoms with Crippen LogP contribution in [-0.4, -0.2) is 5.66 Å². The molecule has 0 aliphatic heterocycles. The van der Waals surface area contributed by atoms with Crippen molar-refractivity contribution < 1.29 is 0 Å². The van der Waals surface area contributed by atoms with Gasteiger partial charge in [-0.05, 0) is 29.9 Å². The molecular formula is C9H16N2. The molecule has 1 unspecified atom stereocenters. The van der Waals surface area contributed by atoms with Gasteiger partial charge in [0.1, 0.15) is 0 Å². The Labute approximate surface area is 68.0 Å². The topological polar surface area (TPSA) is 52.0 Å². The van der Waals surface area contributed by atoms with E-state index in [2.05, 4.69) is 20.1 Å². The van der Waals surface area contributed by atoms with Gasteiger partial charge in [0, 0.05) is 0 Å². The van der Waals surface area contributed by atoms with Gasteiger partial charge in [-0.3, -0.25) is 0 Å². The molecule has 0 spiro atoms. The second-order valence-electron chi connectivity index (χ2n) is 3.48. The van der Waals surface area contributed by atoms with Gasteiger partial charge < -0.3 is 11.5 Å². The molecule has 0 aromatic carbocycles. The summed E-state index contributed by atoms with van der Waals surface area (Å²) in [6, 6.07) is 0. The van der Waals surface area contributed by atoms with E-state index in [9.17, 15) is 0 Å². The lowest BCUT2D eigenvalue weighted by molar-refractivity contribution is 0.386. The first kappa shape index (κ1) is 8.50. The minimum Gasteiger partial charge on any atom is -0.310 e. The SMILES string of the molecule is C=C1C(=C)C(N)(N)CCC1C. The van der Waals surface area contributed by atoms with Crippen LogP contribution in [0.5, 0.6) is 0 Å². The van der Waals surface area contributed by atoms with Crippen molar-refractivity contribution >= 4 is 0 Å². The molecule has 62 valence electrons. The molecule has 0 aromatic rings. The van der Waals surface area contributed by atoms with Crippen LogP contribution in [-0.2, 0) is 0 Å². The lowest BCUT2D eigenvalue weighted by atomic mass is 9.77. The molecule has 1 aliphatic rings. The molecule has 2 nitrogen and oxygen atoms in total. The van der Waals surface area contributed by atoms with Crippen LogP contribution in [0.2, 0.25) is 0 Å². The third kappa shape index (κ3) is 1.37. The van der Waals surface area contributed by atoms with Crippen molar-refractivity contribution in [3.63, 3.8) is 0 Å². The highest BCUT2D eigenvalue weighted by Gasteiger charge is 2.31. The average molecular weight is 152 g/mol. The van der Waals surface area contributed by atoms with Crippen molar-refractivity contribution in [1.82, 2.24) is 0 Å². The van der Waals surface area contributed by atoms with Gasteiger partial charge in [0.05, 0.1) is 5.66 Å². The van der Waals surface area contributed by atoms with Crippen molar-refractivity contribution in [2.24, 2.45) is 17.4 Å². The van der Waals surface area contributed by atoms with E-state index in [1.54, 1.807) is 0 Å². The second-order valence-corrected chi connectivity index (χ2v) is 3.48. The largest absolute Gasteiger partial charge is 0.310 e. The summed E-state index contributed by atoms with van der Waals surface area (Å²) in [5.74, 6) is 0.489. The molecule has 0 amide bonds. The molecule has 0 radical (unpaired) electrons. The van der Waals surface area contributed by atoms with E-state index in [0.29, 0.717) is 5.92 Å². The summed E-state index contributed by atoms with van der Waals surface area (Å²) in [5, 5.41) is 0. The van der Waals surface area contributed by atoms with Crippen LogP contribution >= 0.6 is 0 Å². The summed E-state index contributed by atoms with van der Waals surface area (Å²) in [4.78, 5) is 0. The Morgan fingerprint density at radius 1 is 1.45 bits per heavy atom. The summed E-state index contributed by atoms with van der Waals surface area (Å²) in [6.07, 6.45) is 1.83. The van der Waals surface area contributed by atoms with Crippen molar-refractivity contribution in [2.45, 2.75) is 25.4 Å². The second kappa shape index (κ2) is 2.47. The van der Waals surface area contributed by atoms with Crippen LogP contribution < -0.4 is 11.5 Å². The normalized spacial score (nSPS) is 30.6. The minimum absolute atomic E-state index is 0.489. The van der Waals surface area contributed by atoms with Crippen molar-refractivity contribution in [2.75, 3.05) is 0 Å². The van der Waals surface area contributed by atoms with E-state index in [1.807, 2.05) is 0 Å². The molecular weight excluding hydrogens is 136 g/mol. The Balaban J connectivity index is 2.84. The predicted octanol–water partition coefficient (Wildman–Crippen LogP) is 1.14. The first-order valence-corrected chi connectivity index (χ1v) is 3.91. The van der Waals surface area contributed by atoms with Gasteiger partial charge in [0.15, 0.2) is 0 Å². The van der Waals surface area contributed by atoms with Gasteiger partial charge in [-0.15, -0.1) is 0 Å². The fraction of sp³-hybridized carbons (Fsp3) is 0.556. The van der Waals surface area contributed by atoms with Crippen LogP contribution in [0.3, 0.4) is 0 Å². The third-order valence-electron chi connectivity index (χ3n) is 2.54. The molecule has 0 heterocycles. The lowest BCUT2D eigenvalue weighted by Crippen LogP contribution is -2.53. The summed E-state index contributed by atoms with van der Waals surface area (Å²) < 4.78 is 0. The zero-order valence-electron chi connectivity index (χ0n) is 7.06. The highest BCUT2D eigenvalue weighted by atomic mass is 15.0. The lowest BCUT2D eigenvalue weighted by Gasteiger charge is -2.36. The monoisotopic (exact) mass is 152 g/mol. The Hall–Kier alpha value is -0.600. The first-order valence-electron chi connectivity index (χ1n) is 3.91. The van der Waals surface area contributed by atoms with Crippen molar-refractivity contribution in [3.8, 4) is 0 Å².